The van der Waals surface area contributed by atoms with Crippen LogP contribution in [0.2, 0.25) is 0 Å². The second kappa shape index (κ2) is 12.2. The Kier molecular flexibility index (Phi) is 9.05. The number of benzene rings is 3. The minimum Gasteiger partial charge on any atom is -0.354 e. The van der Waals surface area contributed by atoms with Crippen molar-refractivity contribution in [2.45, 2.75) is 65.5 Å². The lowest BCUT2D eigenvalue weighted by Crippen LogP contribution is -2.49. The Morgan fingerprint density at radius 3 is 2.48 bits per heavy atom. The summed E-state index contributed by atoms with van der Waals surface area (Å²) in [6.45, 7) is 7.21. The van der Waals surface area contributed by atoms with Crippen LogP contribution in [0.1, 0.15) is 56.2 Å². The van der Waals surface area contributed by atoms with Gasteiger partial charge in [-0.1, -0.05) is 92.6 Å². The van der Waals surface area contributed by atoms with E-state index in [0.29, 0.717) is 32.4 Å². The summed E-state index contributed by atoms with van der Waals surface area (Å²) in [7, 11) is 0. The van der Waals surface area contributed by atoms with Crippen LogP contribution in [0.4, 0.5) is 0 Å². The largest absolute Gasteiger partial charge is 0.354 e. The van der Waals surface area contributed by atoms with Gasteiger partial charge in [-0.3, -0.25) is 9.59 Å². The summed E-state index contributed by atoms with van der Waals surface area (Å²) in [5.41, 5.74) is 3.36. The van der Waals surface area contributed by atoms with Crippen LogP contribution in [0, 0.1) is 6.92 Å². The SMILES string of the molecule is CCCCNC(=O)[C@@H](CC)N(Cc1cccc(C)c1)C(=O)CCc1cccc2ccccc12. The fourth-order valence-corrected chi connectivity index (χ4v) is 4.33. The van der Waals surface area contributed by atoms with Gasteiger partial charge in [0.15, 0.2) is 0 Å². The average molecular weight is 445 g/mol. The quantitative estimate of drug-likeness (QED) is 0.380. The van der Waals surface area contributed by atoms with E-state index in [1.54, 1.807) is 4.90 Å². The van der Waals surface area contributed by atoms with Gasteiger partial charge in [-0.15, -0.1) is 0 Å². The van der Waals surface area contributed by atoms with E-state index in [4.69, 9.17) is 0 Å². The van der Waals surface area contributed by atoms with Gasteiger partial charge in [0.05, 0.1) is 0 Å². The van der Waals surface area contributed by atoms with E-state index in [1.165, 1.54) is 10.8 Å². The number of rotatable bonds is 11. The minimum absolute atomic E-state index is 0.0157. The maximum Gasteiger partial charge on any atom is 0.242 e. The van der Waals surface area contributed by atoms with Crippen molar-refractivity contribution in [3.8, 4) is 0 Å². The molecular formula is C29H36N2O2. The van der Waals surface area contributed by atoms with Crippen LogP contribution in [0.25, 0.3) is 10.8 Å². The van der Waals surface area contributed by atoms with Gasteiger partial charge in [0.1, 0.15) is 6.04 Å². The molecule has 0 fully saturated rings. The lowest BCUT2D eigenvalue weighted by Gasteiger charge is -2.31. The van der Waals surface area contributed by atoms with Gasteiger partial charge in [0.2, 0.25) is 11.8 Å². The van der Waals surface area contributed by atoms with Crippen molar-refractivity contribution in [3.05, 3.63) is 83.4 Å². The minimum atomic E-state index is -0.470. The number of aryl methyl sites for hydroxylation is 2. The second-order valence-electron chi connectivity index (χ2n) is 8.72. The number of unbranched alkanes of at least 4 members (excludes halogenated alkanes) is 1. The third-order valence-electron chi connectivity index (χ3n) is 6.14. The number of hydrogen-bond donors (Lipinski definition) is 1. The van der Waals surface area contributed by atoms with Gasteiger partial charge in [0.25, 0.3) is 0 Å². The van der Waals surface area contributed by atoms with Gasteiger partial charge in [-0.2, -0.15) is 0 Å². The fraction of sp³-hybridized carbons (Fsp3) is 0.379. The molecule has 33 heavy (non-hydrogen) atoms. The molecule has 0 saturated carbocycles. The Balaban J connectivity index is 1.80. The number of carbonyl (C=O) groups is 2. The molecule has 0 radical (unpaired) electrons. The van der Waals surface area contributed by atoms with Gasteiger partial charge >= 0.3 is 0 Å². The van der Waals surface area contributed by atoms with Crippen molar-refractivity contribution < 1.29 is 9.59 Å². The first-order valence-corrected chi connectivity index (χ1v) is 12.1. The molecule has 0 aliphatic heterocycles. The molecule has 0 aliphatic rings. The van der Waals surface area contributed by atoms with Crippen LogP contribution in [-0.2, 0) is 22.6 Å². The van der Waals surface area contributed by atoms with Crippen molar-refractivity contribution in [2.75, 3.05) is 6.54 Å². The number of hydrogen-bond acceptors (Lipinski definition) is 2. The molecule has 0 unspecified atom stereocenters. The van der Waals surface area contributed by atoms with E-state index in [0.717, 1.165) is 29.5 Å². The number of fused-ring (bicyclic) bond motifs is 1. The zero-order valence-electron chi connectivity index (χ0n) is 20.1. The molecule has 1 N–H and O–H groups in total. The zero-order valence-corrected chi connectivity index (χ0v) is 20.1. The number of nitrogens with one attached hydrogen (secondary N) is 1. The Hall–Kier alpha value is -3.14. The molecule has 0 saturated heterocycles. The van der Waals surface area contributed by atoms with Gasteiger partial charge in [-0.25, -0.2) is 0 Å². The molecule has 0 aromatic heterocycles. The molecular weight excluding hydrogens is 408 g/mol. The van der Waals surface area contributed by atoms with E-state index in [2.05, 4.69) is 42.6 Å². The van der Waals surface area contributed by atoms with Crippen LogP contribution < -0.4 is 5.32 Å². The third-order valence-corrected chi connectivity index (χ3v) is 6.14. The first-order chi connectivity index (χ1) is 16.0. The summed E-state index contributed by atoms with van der Waals surface area (Å²) in [5.74, 6) is -0.0426. The predicted molar refractivity (Wildman–Crippen MR) is 136 cm³/mol. The Labute approximate surface area is 198 Å². The van der Waals surface area contributed by atoms with E-state index in [1.807, 2.05) is 50.2 Å². The van der Waals surface area contributed by atoms with E-state index in [9.17, 15) is 9.59 Å². The van der Waals surface area contributed by atoms with Crippen molar-refractivity contribution in [1.82, 2.24) is 10.2 Å². The summed E-state index contributed by atoms with van der Waals surface area (Å²) in [4.78, 5) is 28.3. The Morgan fingerprint density at radius 2 is 1.73 bits per heavy atom. The third kappa shape index (κ3) is 6.67. The maximum absolute atomic E-state index is 13.5. The molecule has 0 heterocycles. The molecule has 3 aromatic carbocycles. The first kappa shape index (κ1) is 24.5. The normalized spacial score (nSPS) is 11.8. The summed E-state index contributed by atoms with van der Waals surface area (Å²) in [6, 6.07) is 22.2. The summed E-state index contributed by atoms with van der Waals surface area (Å²) < 4.78 is 0. The average Bonchev–Trinajstić information content (AvgIpc) is 2.82. The highest BCUT2D eigenvalue weighted by atomic mass is 16.2. The standard InChI is InChI=1S/C29H36N2O2/c1-4-6-19-30-29(33)27(5-2)31(21-23-12-9-11-22(3)20-23)28(32)18-17-25-15-10-14-24-13-7-8-16-26(24)25/h7-16,20,27H,4-6,17-19,21H2,1-3H3,(H,30,33)/t27-/m1/s1. The highest BCUT2D eigenvalue weighted by Crippen LogP contribution is 2.21. The summed E-state index contributed by atoms with van der Waals surface area (Å²) in [6.07, 6.45) is 3.57. The van der Waals surface area contributed by atoms with E-state index in [-0.39, 0.29) is 11.8 Å². The molecule has 4 nitrogen and oxygen atoms in total. The molecule has 3 aromatic rings. The predicted octanol–water partition coefficient (Wildman–Crippen LogP) is 5.80. The van der Waals surface area contributed by atoms with Gasteiger partial charge in [-0.05, 0) is 48.1 Å². The molecule has 174 valence electrons. The molecule has 3 rings (SSSR count). The van der Waals surface area contributed by atoms with E-state index >= 15 is 0 Å². The van der Waals surface area contributed by atoms with Crippen LogP contribution in [0.15, 0.2) is 66.7 Å². The number of nitrogens with zero attached hydrogens (tertiary/aromatic N) is 1. The van der Waals surface area contributed by atoms with Crippen molar-refractivity contribution >= 4 is 22.6 Å². The maximum atomic E-state index is 13.5. The fourth-order valence-electron chi connectivity index (χ4n) is 4.33. The molecule has 0 bridgehead atoms. The molecule has 0 aliphatic carbocycles. The van der Waals surface area contributed by atoms with Crippen molar-refractivity contribution in [1.29, 1.82) is 0 Å². The smallest absolute Gasteiger partial charge is 0.242 e. The highest BCUT2D eigenvalue weighted by Gasteiger charge is 2.28. The zero-order chi connectivity index (χ0) is 23.6. The topological polar surface area (TPSA) is 49.4 Å². The molecule has 0 spiro atoms. The molecule has 4 heteroatoms. The van der Waals surface area contributed by atoms with Gasteiger partial charge in [0, 0.05) is 19.5 Å². The van der Waals surface area contributed by atoms with Crippen LogP contribution in [0.5, 0.6) is 0 Å². The van der Waals surface area contributed by atoms with Crippen molar-refractivity contribution in [3.63, 3.8) is 0 Å². The number of carbonyl (C=O) groups excluding carboxylic acids is 2. The first-order valence-electron chi connectivity index (χ1n) is 12.1. The second-order valence-corrected chi connectivity index (χ2v) is 8.72. The Morgan fingerprint density at radius 1 is 0.970 bits per heavy atom. The lowest BCUT2D eigenvalue weighted by atomic mass is 10.00. The van der Waals surface area contributed by atoms with E-state index < -0.39 is 6.04 Å². The molecule has 2 amide bonds. The van der Waals surface area contributed by atoms with Crippen molar-refractivity contribution in [2.24, 2.45) is 0 Å². The van der Waals surface area contributed by atoms with Crippen LogP contribution in [-0.4, -0.2) is 29.3 Å². The van der Waals surface area contributed by atoms with Crippen LogP contribution in [0.3, 0.4) is 0 Å². The summed E-state index contributed by atoms with van der Waals surface area (Å²) >= 11 is 0. The monoisotopic (exact) mass is 444 g/mol. The van der Waals surface area contributed by atoms with Gasteiger partial charge < -0.3 is 10.2 Å². The lowest BCUT2D eigenvalue weighted by molar-refractivity contribution is -0.141. The summed E-state index contributed by atoms with van der Waals surface area (Å²) in [5, 5.41) is 5.40. The Bertz CT molecular complexity index is 1070. The van der Waals surface area contributed by atoms with Crippen LogP contribution >= 0.6 is 0 Å². The number of amides is 2. The highest BCUT2D eigenvalue weighted by molar-refractivity contribution is 5.89. The molecule has 1 atom stereocenters.